The van der Waals surface area contributed by atoms with Crippen molar-refractivity contribution in [2.45, 2.75) is 31.2 Å². The van der Waals surface area contributed by atoms with Gasteiger partial charge in [0.1, 0.15) is 0 Å². The number of imidazole rings is 1. The van der Waals surface area contributed by atoms with Gasteiger partial charge in [-0.2, -0.15) is 9.29 Å². The first-order valence-electron chi connectivity index (χ1n) is 7.10. The van der Waals surface area contributed by atoms with Crippen molar-refractivity contribution in [3.63, 3.8) is 0 Å². The second kappa shape index (κ2) is 5.74. The monoisotopic (exact) mass is 335 g/mol. The SMILES string of the molecule is CC(C)c1noc(CN(C)S(=O)(=O)c2ccc3nc[nH]c3c2)n1. The van der Waals surface area contributed by atoms with Crippen LogP contribution in [-0.4, -0.2) is 39.9 Å². The minimum atomic E-state index is -3.66. The molecule has 1 N–H and O–H groups in total. The molecule has 0 saturated heterocycles. The summed E-state index contributed by atoms with van der Waals surface area (Å²) in [5.74, 6) is 0.948. The van der Waals surface area contributed by atoms with Gasteiger partial charge in [0, 0.05) is 13.0 Å². The maximum absolute atomic E-state index is 12.6. The first kappa shape index (κ1) is 15.6. The van der Waals surface area contributed by atoms with E-state index < -0.39 is 10.0 Å². The summed E-state index contributed by atoms with van der Waals surface area (Å²) in [5, 5.41) is 3.84. The molecule has 1 aromatic carbocycles. The fraction of sp³-hybridized carbons (Fsp3) is 0.357. The zero-order chi connectivity index (χ0) is 16.6. The molecule has 0 amide bonds. The normalized spacial score (nSPS) is 12.6. The third-order valence-corrected chi connectivity index (χ3v) is 5.26. The summed E-state index contributed by atoms with van der Waals surface area (Å²) in [4.78, 5) is 11.4. The number of aromatic nitrogens is 4. The highest BCUT2D eigenvalue weighted by Crippen LogP contribution is 2.20. The highest BCUT2D eigenvalue weighted by molar-refractivity contribution is 7.89. The third kappa shape index (κ3) is 2.97. The predicted octanol–water partition coefficient (Wildman–Crippen LogP) is 1.89. The molecule has 0 aliphatic carbocycles. The topological polar surface area (TPSA) is 105 Å². The Morgan fingerprint density at radius 1 is 1.35 bits per heavy atom. The minimum Gasteiger partial charge on any atom is -0.345 e. The van der Waals surface area contributed by atoms with Crippen molar-refractivity contribution >= 4 is 21.1 Å². The smallest absolute Gasteiger partial charge is 0.243 e. The molecule has 0 aliphatic rings. The van der Waals surface area contributed by atoms with Crippen LogP contribution < -0.4 is 0 Å². The highest BCUT2D eigenvalue weighted by atomic mass is 32.2. The number of rotatable bonds is 5. The minimum absolute atomic E-state index is 0.0169. The van der Waals surface area contributed by atoms with Gasteiger partial charge in [0.15, 0.2) is 5.82 Å². The maximum Gasteiger partial charge on any atom is 0.243 e. The molecule has 2 aromatic heterocycles. The van der Waals surface area contributed by atoms with E-state index in [-0.39, 0.29) is 23.2 Å². The van der Waals surface area contributed by atoms with Crippen molar-refractivity contribution < 1.29 is 12.9 Å². The van der Waals surface area contributed by atoms with Crippen molar-refractivity contribution in [3.8, 4) is 0 Å². The van der Waals surface area contributed by atoms with Crippen molar-refractivity contribution in [1.29, 1.82) is 0 Å². The Bertz CT molecular complexity index is 929. The lowest BCUT2D eigenvalue weighted by Gasteiger charge is -2.15. The van der Waals surface area contributed by atoms with Gasteiger partial charge in [-0.3, -0.25) is 0 Å². The Hall–Kier alpha value is -2.26. The number of aromatic amines is 1. The Balaban J connectivity index is 1.85. The van der Waals surface area contributed by atoms with E-state index in [2.05, 4.69) is 20.1 Å². The molecule has 8 nitrogen and oxygen atoms in total. The molecule has 0 unspecified atom stereocenters. The van der Waals surface area contributed by atoms with Gasteiger partial charge < -0.3 is 9.51 Å². The van der Waals surface area contributed by atoms with E-state index in [9.17, 15) is 8.42 Å². The van der Waals surface area contributed by atoms with Gasteiger partial charge in [-0.05, 0) is 18.2 Å². The molecule has 3 rings (SSSR count). The van der Waals surface area contributed by atoms with Gasteiger partial charge in [-0.15, -0.1) is 0 Å². The number of nitrogens with one attached hydrogen (secondary N) is 1. The quantitative estimate of drug-likeness (QED) is 0.763. The lowest BCUT2D eigenvalue weighted by Crippen LogP contribution is -2.26. The predicted molar refractivity (Wildman–Crippen MR) is 83.1 cm³/mol. The van der Waals surface area contributed by atoms with E-state index >= 15 is 0 Å². The van der Waals surface area contributed by atoms with E-state index in [0.29, 0.717) is 16.9 Å². The van der Waals surface area contributed by atoms with Crippen LogP contribution in [0.25, 0.3) is 11.0 Å². The van der Waals surface area contributed by atoms with E-state index in [0.717, 1.165) is 0 Å². The summed E-state index contributed by atoms with van der Waals surface area (Å²) in [6.07, 6.45) is 1.52. The Morgan fingerprint density at radius 2 is 2.13 bits per heavy atom. The Labute approximate surface area is 133 Å². The van der Waals surface area contributed by atoms with Gasteiger partial charge in [-0.25, -0.2) is 13.4 Å². The number of benzene rings is 1. The molecule has 0 aliphatic heterocycles. The summed E-state index contributed by atoms with van der Waals surface area (Å²) in [7, 11) is -2.18. The van der Waals surface area contributed by atoms with Gasteiger partial charge >= 0.3 is 0 Å². The number of H-pyrrole nitrogens is 1. The third-order valence-electron chi connectivity index (χ3n) is 3.46. The first-order valence-corrected chi connectivity index (χ1v) is 8.54. The van der Waals surface area contributed by atoms with E-state index in [1.165, 1.54) is 23.7 Å². The molecule has 0 saturated carbocycles. The van der Waals surface area contributed by atoms with Gasteiger partial charge in [0.25, 0.3) is 0 Å². The number of hydrogen-bond donors (Lipinski definition) is 1. The van der Waals surface area contributed by atoms with Crippen LogP contribution in [0.15, 0.2) is 33.9 Å². The van der Waals surface area contributed by atoms with Crippen molar-refractivity contribution in [2.75, 3.05) is 7.05 Å². The fourth-order valence-corrected chi connectivity index (χ4v) is 3.24. The number of nitrogens with zero attached hydrogens (tertiary/aromatic N) is 4. The van der Waals surface area contributed by atoms with Crippen LogP contribution in [0.4, 0.5) is 0 Å². The summed E-state index contributed by atoms with van der Waals surface area (Å²) < 4.78 is 31.6. The zero-order valence-electron chi connectivity index (χ0n) is 13.0. The number of fused-ring (bicyclic) bond motifs is 1. The molecule has 9 heteroatoms. The van der Waals surface area contributed by atoms with E-state index in [1.54, 1.807) is 12.1 Å². The fourth-order valence-electron chi connectivity index (χ4n) is 2.10. The highest BCUT2D eigenvalue weighted by Gasteiger charge is 2.24. The average Bonchev–Trinajstić information content (AvgIpc) is 3.14. The number of sulfonamides is 1. The van der Waals surface area contributed by atoms with E-state index in [4.69, 9.17) is 4.52 Å². The molecule has 3 aromatic rings. The van der Waals surface area contributed by atoms with Crippen LogP contribution in [0, 0.1) is 0 Å². The van der Waals surface area contributed by atoms with Crippen LogP contribution >= 0.6 is 0 Å². The summed E-state index contributed by atoms with van der Waals surface area (Å²) in [5.41, 5.74) is 1.38. The molecule has 0 fully saturated rings. The van der Waals surface area contributed by atoms with Gasteiger partial charge in [-0.1, -0.05) is 19.0 Å². The first-order chi connectivity index (χ1) is 10.9. The van der Waals surface area contributed by atoms with Crippen molar-refractivity contribution in [2.24, 2.45) is 0 Å². The average molecular weight is 335 g/mol. The van der Waals surface area contributed by atoms with E-state index in [1.807, 2.05) is 13.8 Å². The molecule has 0 atom stereocenters. The van der Waals surface area contributed by atoms with Crippen LogP contribution in [0.5, 0.6) is 0 Å². The molecule has 0 bridgehead atoms. The van der Waals surface area contributed by atoms with Crippen LogP contribution in [-0.2, 0) is 16.6 Å². The molecule has 0 radical (unpaired) electrons. The summed E-state index contributed by atoms with van der Waals surface area (Å²) >= 11 is 0. The molecule has 23 heavy (non-hydrogen) atoms. The zero-order valence-corrected chi connectivity index (χ0v) is 13.8. The maximum atomic E-state index is 12.6. The van der Waals surface area contributed by atoms with Gasteiger partial charge in [0.05, 0.1) is 28.8 Å². The second-order valence-corrected chi connectivity index (χ2v) is 7.59. The van der Waals surface area contributed by atoms with Crippen LogP contribution in [0.3, 0.4) is 0 Å². The Morgan fingerprint density at radius 3 is 2.83 bits per heavy atom. The molecule has 0 spiro atoms. The lowest BCUT2D eigenvalue weighted by molar-refractivity contribution is 0.333. The molecule has 2 heterocycles. The standard InChI is InChI=1S/C14H17N5O3S/c1-9(2)14-17-13(22-18-14)7-19(3)23(20,21)10-4-5-11-12(6-10)16-8-15-11/h4-6,8-9H,7H2,1-3H3,(H,15,16). The second-order valence-electron chi connectivity index (χ2n) is 5.54. The molecule has 122 valence electrons. The number of hydrogen-bond acceptors (Lipinski definition) is 6. The Kier molecular flexibility index (Phi) is 3.90. The van der Waals surface area contributed by atoms with Crippen LogP contribution in [0.2, 0.25) is 0 Å². The summed E-state index contributed by atoms with van der Waals surface area (Å²) in [6.45, 7) is 3.90. The van der Waals surface area contributed by atoms with Gasteiger partial charge in [0.2, 0.25) is 15.9 Å². The van der Waals surface area contributed by atoms with Crippen molar-refractivity contribution in [3.05, 3.63) is 36.2 Å². The molecular weight excluding hydrogens is 318 g/mol. The largest absolute Gasteiger partial charge is 0.345 e. The molecular formula is C14H17N5O3S. The lowest BCUT2D eigenvalue weighted by atomic mass is 10.2. The summed E-state index contributed by atoms with van der Waals surface area (Å²) in [6, 6.07) is 4.75. The van der Waals surface area contributed by atoms with Crippen LogP contribution in [0.1, 0.15) is 31.5 Å². The van der Waals surface area contributed by atoms with Crippen molar-refractivity contribution in [1.82, 2.24) is 24.4 Å².